The summed E-state index contributed by atoms with van der Waals surface area (Å²) in [4.78, 5) is 33.3. The number of imidazole rings is 1. The van der Waals surface area contributed by atoms with Crippen molar-refractivity contribution in [3.8, 4) is 17.3 Å². The second-order valence-electron chi connectivity index (χ2n) is 7.50. The van der Waals surface area contributed by atoms with Crippen LogP contribution in [0.4, 0.5) is 29.6 Å². The third-order valence-corrected chi connectivity index (χ3v) is 5.00. The molecule has 10 nitrogen and oxygen atoms in total. The van der Waals surface area contributed by atoms with Crippen LogP contribution in [-0.2, 0) is 6.54 Å². The molecule has 0 aliphatic rings. The Bertz CT molecular complexity index is 1430. The number of ether oxygens (including phenoxy) is 1. The summed E-state index contributed by atoms with van der Waals surface area (Å²) >= 11 is 0. The fourth-order valence-electron chi connectivity index (χ4n) is 3.38. The minimum Gasteiger partial charge on any atom is -0.493 e. The summed E-state index contributed by atoms with van der Waals surface area (Å²) in [6.45, 7) is 1.55. The zero-order valence-electron chi connectivity index (χ0n) is 18.7. The predicted octanol–water partition coefficient (Wildman–Crippen LogP) is 4.03. The highest BCUT2D eigenvalue weighted by Crippen LogP contribution is 2.26. The molecule has 0 bridgehead atoms. The number of nitrogens with one attached hydrogen (secondary N) is 2. The molecule has 0 spiro atoms. The van der Waals surface area contributed by atoms with Gasteiger partial charge in [-0.2, -0.15) is 0 Å². The van der Waals surface area contributed by atoms with E-state index in [1.165, 1.54) is 36.0 Å². The van der Waals surface area contributed by atoms with E-state index < -0.39 is 23.8 Å². The van der Waals surface area contributed by atoms with Crippen LogP contribution in [-0.4, -0.2) is 36.6 Å². The fourth-order valence-corrected chi connectivity index (χ4v) is 3.38. The second kappa shape index (κ2) is 9.82. The van der Waals surface area contributed by atoms with E-state index in [1.807, 2.05) is 0 Å². The standard InChI is InChI=1S/C23H19F3N6O4/c1-14-20(33)32(16-5-7-17(8-6-16)36-23(24,25)26)22(35)31(14)13-15-9-11-28-19(12-15)30-21(34)29-18-4-2-3-10-27-18/h2-12,33H,13H2,1H3,(H2,27,28,29,30,34). The lowest BCUT2D eigenvalue weighted by Gasteiger charge is -2.09. The van der Waals surface area contributed by atoms with Gasteiger partial charge in [-0.05, 0) is 61.0 Å². The number of halogens is 3. The lowest BCUT2D eigenvalue weighted by Crippen LogP contribution is -2.24. The van der Waals surface area contributed by atoms with E-state index in [1.54, 1.807) is 30.3 Å². The molecule has 13 heteroatoms. The van der Waals surface area contributed by atoms with E-state index in [0.717, 1.165) is 16.7 Å². The fraction of sp³-hybridized carbons (Fsp3) is 0.130. The summed E-state index contributed by atoms with van der Waals surface area (Å²) < 4.78 is 43.3. The molecule has 0 radical (unpaired) electrons. The first-order valence-corrected chi connectivity index (χ1v) is 10.4. The average molecular weight is 500 g/mol. The number of rotatable bonds is 6. The van der Waals surface area contributed by atoms with E-state index in [2.05, 4.69) is 25.3 Å². The number of nitrogens with zero attached hydrogens (tertiary/aromatic N) is 4. The van der Waals surface area contributed by atoms with Crippen molar-refractivity contribution in [1.29, 1.82) is 0 Å². The van der Waals surface area contributed by atoms with Gasteiger partial charge in [-0.25, -0.2) is 24.1 Å². The molecule has 4 rings (SSSR count). The van der Waals surface area contributed by atoms with Gasteiger partial charge in [-0.15, -0.1) is 13.2 Å². The highest BCUT2D eigenvalue weighted by molar-refractivity contribution is 5.98. The van der Waals surface area contributed by atoms with Crippen LogP contribution in [0.15, 0.2) is 71.8 Å². The monoisotopic (exact) mass is 500 g/mol. The number of hydrogen-bond donors (Lipinski definition) is 3. The molecule has 0 aliphatic heterocycles. The first-order valence-electron chi connectivity index (χ1n) is 10.4. The quantitative estimate of drug-likeness (QED) is 0.367. The Morgan fingerprint density at radius 3 is 2.39 bits per heavy atom. The molecular formula is C23H19F3N6O4. The predicted molar refractivity (Wildman–Crippen MR) is 123 cm³/mol. The number of urea groups is 1. The molecule has 1 aromatic carbocycles. The molecule has 0 unspecified atom stereocenters. The van der Waals surface area contributed by atoms with Crippen LogP contribution in [0, 0.1) is 6.92 Å². The minimum absolute atomic E-state index is 0.0273. The van der Waals surface area contributed by atoms with Crippen LogP contribution < -0.4 is 21.1 Å². The van der Waals surface area contributed by atoms with Gasteiger partial charge in [-0.3, -0.25) is 15.2 Å². The number of hydrogen-bond acceptors (Lipinski definition) is 6. The highest BCUT2D eigenvalue weighted by Gasteiger charge is 2.31. The molecule has 2 amide bonds. The Morgan fingerprint density at radius 2 is 1.72 bits per heavy atom. The number of aromatic nitrogens is 4. The largest absolute Gasteiger partial charge is 0.573 e. The highest BCUT2D eigenvalue weighted by atomic mass is 19.4. The number of anilines is 2. The molecule has 0 atom stereocenters. The van der Waals surface area contributed by atoms with Crippen LogP contribution in [0.3, 0.4) is 0 Å². The summed E-state index contributed by atoms with van der Waals surface area (Å²) in [6, 6.07) is 12.2. The molecule has 0 aliphatic carbocycles. The van der Waals surface area contributed by atoms with Gasteiger partial charge in [0.25, 0.3) is 0 Å². The van der Waals surface area contributed by atoms with Crippen molar-refractivity contribution in [2.75, 3.05) is 10.6 Å². The van der Waals surface area contributed by atoms with Gasteiger partial charge in [-0.1, -0.05) is 6.07 Å². The first kappa shape index (κ1) is 24.3. The van der Waals surface area contributed by atoms with Gasteiger partial charge in [0.2, 0.25) is 5.88 Å². The topological polar surface area (TPSA) is 123 Å². The molecule has 186 valence electrons. The maximum atomic E-state index is 13.0. The summed E-state index contributed by atoms with van der Waals surface area (Å²) in [5.74, 6) is -0.260. The summed E-state index contributed by atoms with van der Waals surface area (Å²) in [7, 11) is 0. The maximum absolute atomic E-state index is 13.0. The van der Waals surface area contributed by atoms with Crippen molar-refractivity contribution in [3.63, 3.8) is 0 Å². The summed E-state index contributed by atoms with van der Waals surface area (Å²) in [5, 5.41) is 15.7. The average Bonchev–Trinajstić information content (AvgIpc) is 3.02. The number of carbonyl (C=O) groups is 1. The van der Waals surface area contributed by atoms with Crippen LogP contribution in [0.5, 0.6) is 11.6 Å². The van der Waals surface area contributed by atoms with Gasteiger partial charge >= 0.3 is 18.1 Å². The third kappa shape index (κ3) is 5.63. The van der Waals surface area contributed by atoms with Crippen molar-refractivity contribution in [2.24, 2.45) is 0 Å². The first-order chi connectivity index (χ1) is 17.1. The number of pyridine rings is 2. The molecule has 0 saturated heterocycles. The van der Waals surface area contributed by atoms with Crippen LogP contribution in [0.25, 0.3) is 5.69 Å². The number of benzene rings is 1. The smallest absolute Gasteiger partial charge is 0.493 e. The molecule has 4 aromatic rings. The van der Waals surface area contributed by atoms with Gasteiger partial charge in [0.05, 0.1) is 17.9 Å². The molecule has 0 saturated carbocycles. The van der Waals surface area contributed by atoms with Crippen LogP contribution in [0.1, 0.15) is 11.3 Å². The lowest BCUT2D eigenvalue weighted by molar-refractivity contribution is -0.274. The van der Waals surface area contributed by atoms with Gasteiger partial charge < -0.3 is 9.84 Å². The number of alkyl halides is 3. The summed E-state index contributed by atoms with van der Waals surface area (Å²) in [6.07, 6.45) is -1.87. The minimum atomic E-state index is -4.85. The van der Waals surface area contributed by atoms with Gasteiger partial charge in [0.1, 0.15) is 17.4 Å². The zero-order chi connectivity index (χ0) is 25.9. The molecule has 3 heterocycles. The Kier molecular flexibility index (Phi) is 6.63. The van der Waals surface area contributed by atoms with E-state index in [4.69, 9.17) is 0 Å². The lowest BCUT2D eigenvalue weighted by atomic mass is 10.2. The van der Waals surface area contributed by atoms with E-state index in [9.17, 15) is 27.9 Å². The Morgan fingerprint density at radius 1 is 1.03 bits per heavy atom. The Hall–Kier alpha value is -4.81. The number of carbonyl (C=O) groups excluding carboxylic acids is 1. The molecule has 36 heavy (non-hydrogen) atoms. The van der Waals surface area contributed by atoms with Crippen molar-refractivity contribution in [3.05, 3.63) is 88.7 Å². The van der Waals surface area contributed by atoms with Crippen molar-refractivity contribution < 1.29 is 27.8 Å². The molecular weight excluding hydrogens is 481 g/mol. The zero-order valence-corrected chi connectivity index (χ0v) is 18.7. The Balaban J connectivity index is 1.53. The second-order valence-corrected chi connectivity index (χ2v) is 7.50. The van der Waals surface area contributed by atoms with E-state index in [0.29, 0.717) is 11.4 Å². The molecule has 3 aromatic heterocycles. The van der Waals surface area contributed by atoms with Crippen molar-refractivity contribution in [2.45, 2.75) is 19.8 Å². The Labute approximate surface area is 201 Å². The third-order valence-electron chi connectivity index (χ3n) is 5.00. The molecule has 3 N–H and O–H groups in total. The number of amides is 2. The van der Waals surface area contributed by atoms with Gasteiger partial charge in [0.15, 0.2) is 0 Å². The SMILES string of the molecule is Cc1c(O)n(-c2ccc(OC(F)(F)F)cc2)c(=O)n1Cc1ccnc(NC(=O)Nc2ccccn2)c1. The van der Waals surface area contributed by atoms with Crippen molar-refractivity contribution >= 4 is 17.7 Å². The van der Waals surface area contributed by atoms with Crippen LogP contribution in [0.2, 0.25) is 0 Å². The maximum Gasteiger partial charge on any atom is 0.573 e. The van der Waals surface area contributed by atoms with Crippen molar-refractivity contribution in [1.82, 2.24) is 19.1 Å². The van der Waals surface area contributed by atoms with Crippen LogP contribution >= 0.6 is 0 Å². The van der Waals surface area contributed by atoms with E-state index in [-0.39, 0.29) is 29.6 Å². The van der Waals surface area contributed by atoms with E-state index >= 15 is 0 Å². The van der Waals surface area contributed by atoms with Gasteiger partial charge in [0, 0.05) is 12.4 Å². The normalized spacial score (nSPS) is 11.2. The summed E-state index contributed by atoms with van der Waals surface area (Å²) in [5.41, 5.74) is 0.357. The number of aromatic hydroxyl groups is 1. The molecule has 0 fully saturated rings.